The number of hydrogen-bond donors (Lipinski definition) is 0. The lowest BCUT2D eigenvalue weighted by Crippen LogP contribution is -2.09. The van der Waals surface area contributed by atoms with Gasteiger partial charge in [-0.1, -0.05) is 25.5 Å². The zero-order chi connectivity index (χ0) is 21.0. The predicted molar refractivity (Wildman–Crippen MR) is 104 cm³/mol. The molecule has 0 N–H and O–H groups in total. The van der Waals surface area contributed by atoms with Gasteiger partial charge in [-0.25, -0.2) is 9.38 Å². The van der Waals surface area contributed by atoms with Crippen molar-refractivity contribution in [2.24, 2.45) is 4.99 Å². The maximum absolute atomic E-state index is 14.5. The first-order chi connectivity index (χ1) is 14.0. The van der Waals surface area contributed by atoms with Crippen molar-refractivity contribution in [3.05, 3.63) is 68.8 Å². The minimum Gasteiger partial charge on any atom is -0.494 e. The quantitative estimate of drug-likeness (QED) is 0.451. The highest BCUT2D eigenvalue weighted by molar-refractivity contribution is 5.96. The first-order valence-corrected chi connectivity index (χ1v) is 9.55. The monoisotopic (exact) mass is 404 g/mol. The van der Waals surface area contributed by atoms with Gasteiger partial charge in [0.25, 0.3) is 0 Å². The Hall–Kier alpha value is -3.03. The van der Waals surface area contributed by atoms with Crippen LogP contribution in [0.5, 0.6) is 5.75 Å². The van der Waals surface area contributed by atoms with Gasteiger partial charge in [0.05, 0.1) is 11.5 Å². The third-order valence-corrected chi connectivity index (χ3v) is 4.72. The number of unbranched alkanes of at least 4 members (excludes halogenated alkanes) is 1. The third kappa shape index (κ3) is 4.21. The van der Waals surface area contributed by atoms with Crippen molar-refractivity contribution in [1.29, 1.82) is 0 Å². The maximum atomic E-state index is 14.5. The topological polar surface area (TPSA) is 74.0 Å². The SMILES string of the molecule is CCCCc1cccc(OCC)c1C1COC(c2c(F)ccc([N+](=O)[O-])c2F)=N1. The molecule has 2 aromatic rings. The summed E-state index contributed by atoms with van der Waals surface area (Å²) in [6.07, 6.45) is 2.80. The summed E-state index contributed by atoms with van der Waals surface area (Å²) in [5.41, 5.74) is 0.417. The summed E-state index contributed by atoms with van der Waals surface area (Å²) in [4.78, 5) is 14.5. The Balaban J connectivity index is 2.04. The number of nitrogens with zero attached hydrogens (tertiary/aromatic N) is 2. The van der Waals surface area contributed by atoms with E-state index in [9.17, 15) is 18.9 Å². The number of nitro benzene ring substituents is 1. The van der Waals surface area contributed by atoms with E-state index in [-0.39, 0.29) is 12.5 Å². The molecule has 8 heteroatoms. The molecule has 0 spiro atoms. The van der Waals surface area contributed by atoms with E-state index in [0.717, 1.165) is 42.5 Å². The zero-order valence-electron chi connectivity index (χ0n) is 16.3. The van der Waals surface area contributed by atoms with Crippen molar-refractivity contribution < 1.29 is 23.2 Å². The van der Waals surface area contributed by atoms with Gasteiger partial charge in [-0.15, -0.1) is 0 Å². The van der Waals surface area contributed by atoms with Crippen LogP contribution in [0.3, 0.4) is 0 Å². The lowest BCUT2D eigenvalue weighted by molar-refractivity contribution is -0.387. The number of aryl methyl sites for hydroxylation is 1. The lowest BCUT2D eigenvalue weighted by atomic mass is 9.96. The Kier molecular flexibility index (Phi) is 6.41. The van der Waals surface area contributed by atoms with Crippen LogP contribution >= 0.6 is 0 Å². The molecule has 6 nitrogen and oxygen atoms in total. The van der Waals surface area contributed by atoms with Gasteiger partial charge in [0.2, 0.25) is 11.7 Å². The molecule has 0 aliphatic carbocycles. The van der Waals surface area contributed by atoms with E-state index in [4.69, 9.17) is 9.47 Å². The summed E-state index contributed by atoms with van der Waals surface area (Å²) in [6, 6.07) is 6.83. The smallest absolute Gasteiger partial charge is 0.305 e. The Morgan fingerprint density at radius 1 is 1.28 bits per heavy atom. The van der Waals surface area contributed by atoms with Gasteiger partial charge in [-0.2, -0.15) is 4.39 Å². The summed E-state index contributed by atoms with van der Waals surface area (Å²) < 4.78 is 40.1. The third-order valence-electron chi connectivity index (χ3n) is 4.72. The molecule has 2 aromatic carbocycles. The molecule has 0 saturated heterocycles. The first kappa shape index (κ1) is 20.7. The second-order valence-corrected chi connectivity index (χ2v) is 6.64. The van der Waals surface area contributed by atoms with Crippen molar-refractivity contribution in [2.45, 2.75) is 39.2 Å². The van der Waals surface area contributed by atoms with Crippen LogP contribution in [0.4, 0.5) is 14.5 Å². The molecule has 1 aliphatic heterocycles. The van der Waals surface area contributed by atoms with E-state index in [2.05, 4.69) is 11.9 Å². The van der Waals surface area contributed by atoms with Crippen LogP contribution in [-0.4, -0.2) is 24.0 Å². The largest absolute Gasteiger partial charge is 0.494 e. The van der Waals surface area contributed by atoms with Gasteiger partial charge in [0.15, 0.2) is 0 Å². The molecule has 1 aliphatic rings. The molecule has 0 saturated carbocycles. The number of nitro groups is 1. The second-order valence-electron chi connectivity index (χ2n) is 6.64. The van der Waals surface area contributed by atoms with Crippen LogP contribution in [0.15, 0.2) is 35.3 Å². The van der Waals surface area contributed by atoms with Crippen LogP contribution in [0.25, 0.3) is 0 Å². The number of ether oxygens (including phenoxy) is 2. The summed E-state index contributed by atoms with van der Waals surface area (Å²) >= 11 is 0. The summed E-state index contributed by atoms with van der Waals surface area (Å²) in [5, 5.41) is 11.0. The Morgan fingerprint density at radius 2 is 2.07 bits per heavy atom. The van der Waals surface area contributed by atoms with Crippen LogP contribution in [-0.2, 0) is 11.2 Å². The molecule has 1 heterocycles. The lowest BCUT2D eigenvalue weighted by Gasteiger charge is -2.17. The van der Waals surface area contributed by atoms with Crippen LogP contribution in [0.1, 0.15) is 49.4 Å². The maximum Gasteiger partial charge on any atom is 0.305 e. The fraction of sp³-hybridized carbons (Fsp3) is 0.381. The normalized spacial score (nSPS) is 15.7. The number of halogens is 2. The van der Waals surface area contributed by atoms with Gasteiger partial charge in [-0.05, 0) is 37.5 Å². The van der Waals surface area contributed by atoms with E-state index in [0.29, 0.717) is 12.4 Å². The highest BCUT2D eigenvalue weighted by Crippen LogP contribution is 2.36. The number of rotatable bonds is 8. The molecule has 0 bridgehead atoms. The van der Waals surface area contributed by atoms with Crippen LogP contribution < -0.4 is 4.74 Å². The summed E-state index contributed by atoms with van der Waals surface area (Å²) in [5.74, 6) is -1.88. The van der Waals surface area contributed by atoms with E-state index in [1.165, 1.54) is 0 Å². The first-order valence-electron chi connectivity index (χ1n) is 9.55. The molecule has 0 amide bonds. The van der Waals surface area contributed by atoms with Gasteiger partial charge >= 0.3 is 5.69 Å². The Morgan fingerprint density at radius 3 is 2.76 bits per heavy atom. The average Bonchev–Trinajstić information content (AvgIpc) is 3.15. The predicted octanol–water partition coefficient (Wildman–Crippen LogP) is 5.13. The van der Waals surface area contributed by atoms with Gasteiger partial charge in [-0.3, -0.25) is 10.1 Å². The van der Waals surface area contributed by atoms with Gasteiger partial charge in [0, 0.05) is 11.6 Å². The number of aliphatic imine (C=N–C) groups is 1. The Labute approximate surface area is 167 Å². The number of hydrogen-bond acceptors (Lipinski definition) is 5. The molecule has 3 rings (SSSR count). The average molecular weight is 404 g/mol. The number of benzene rings is 2. The van der Waals surface area contributed by atoms with E-state index in [1.807, 2.05) is 25.1 Å². The van der Waals surface area contributed by atoms with Crippen molar-refractivity contribution in [2.75, 3.05) is 13.2 Å². The van der Waals surface area contributed by atoms with Crippen molar-refractivity contribution >= 4 is 11.6 Å². The molecule has 154 valence electrons. The molecule has 0 fully saturated rings. The fourth-order valence-corrected chi connectivity index (χ4v) is 3.37. The fourth-order valence-electron chi connectivity index (χ4n) is 3.37. The zero-order valence-corrected chi connectivity index (χ0v) is 16.3. The van der Waals surface area contributed by atoms with E-state index < -0.39 is 33.9 Å². The van der Waals surface area contributed by atoms with Crippen molar-refractivity contribution in [1.82, 2.24) is 0 Å². The van der Waals surface area contributed by atoms with Crippen LogP contribution in [0.2, 0.25) is 0 Å². The van der Waals surface area contributed by atoms with E-state index >= 15 is 0 Å². The van der Waals surface area contributed by atoms with Gasteiger partial charge < -0.3 is 9.47 Å². The molecule has 29 heavy (non-hydrogen) atoms. The highest BCUT2D eigenvalue weighted by Gasteiger charge is 2.32. The van der Waals surface area contributed by atoms with Crippen molar-refractivity contribution in [3.8, 4) is 5.75 Å². The molecule has 0 aromatic heterocycles. The highest BCUT2D eigenvalue weighted by atomic mass is 19.1. The molecular formula is C21H22F2N2O4. The molecule has 0 radical (unpaired) electrons. The minimum absolute atomic E-state index is 0.0696. The molecular weight excluding hydrogens is 382 g/mol. The Bertz CT molecular complexity index is 947. The van der Waals surface area contributed by atoms with E-state index in [1.54, 1.807) is 0 Å². The minimum atomic E-state index is -1.29. The standard InChI is InChI=1S/C21H22F2N2O4/c1-3-5-7-13-8-6-9-17(28-4-2)18(13)15-12-29-21(24-15)19-14(22)10-11-16(20(19)23)25(26)27/h6,8-11,15H,3-5,7,12H2,1-2H3. The van der Waals surface area contributed by atoms with Crippen LogP contribution in [0, 0.1) is 21.7 Å². The van der Waals surface area contributed by atoms with Gasteiger partial charge in [0.1, 0.15) is 29.8 Å². The summed E-state index contributed by atoms with van der Waals surface area (Å²) in [6.45, 7) is 4.49. The molecule has 1 atom stereocenters. The molecule has 1 unspecified atom stereocenters. The van der Waals surface area contributed by atoms with Crippen molar-refractivity contribution in [3.63, 3.8) is 0 Å². The second kappa shape index (κ2) is 8.98. The summed E-state index contributed by atoms with van der Waals surface area (Å²) in [7, 11) is 0.